The molecule has 4 atom stereocenters. The molecule has 4 aliphatic rings. The fraction of sp³-hybridized carbons (Fsp3) is 0.750. The molecule has 1 aromatic rings. The Morgan fingerprint density at radius 2 is 2.00 bits per heavy atom. The molecule has 3 heterocycles. The highest BCUT2D eigenvalue weighted by Gasteiger charge is 2.57. The van der Waals surface area contributed by atoms with Crippen LogP contribution >= 0.6 is 0 Å². The average molecular weight is 392 g/mol. The summed E-state index contributed by atoms with van der Waals surface area (Å²) in [5, 5.41) is 9.03. The minimum atomic E-state index is -2.89. The van der Waals surface area contributed by atoms with Crippen LogP contribution in [0.4, 0.5) is 20.5 Å². The van der Waals surface area contributed by atoms with Gasteiger partial charge < -0.3 is 14.9 Å². The molecule has 0 amide bonds. The van der Waals surface area contributed by atoms with Crippen molar-refractivity contribution < 1.29 is 18.7 Å². The van der Waals surface area contributed by atoms with E-state index in [2.05, 4.69) is 21.7 Å². The van der Waals surface area contributed by atoms with Crippen LogP contribution in [0.3, 0.4) is 0 Å². The minimum Gasteiger partial charge on any atom is -0.481 e. The number of rotatable bonds is 4. The lowest BCUT2D eigenvalue weighted by Gasteiger charge is -2.34. The van der Waals surface area contributed by atoms with Crippen molar-refractivity contribution in [3.8, 4) is 0 Å². The number of carbonyl (C=O) groups is 1. The highest BCUT2D eigenvalue weighted by Crippen LogP contribution is 2.55. The first-order chi connectivity index (χ1) is 13.3. The van der Waals surface area contributed by atoms with Gasteiger partial charge in [0, 0.05) is 44.1 Å². The second-order valence-corrected chi connectivity index (χ2v) is 8.91. The molecule has 0 spiro atoms. The molecule has 0 aromatic carbocycles. The Labute approximate surface area is 162 Å². The molecule has 8 heteroatoms. The number of halogens is 2. The van der Waals surface area contributed by atoms with Gasteiger partial charge in [-0.15, -0.1) is 0 Å². The van der Waals surface area contributed by atoms with Gasteiger partial charge >= 0.3 is 5.97 Å². The normalized spacial score (nSPS) is 33.0. The standard InChI is InChI=1S/C20H26F2N4O2/c1-11-4-2-3-7-26(11)19-23-17-12(5-6-20(17,21)22)18(24-19)25-9-14-13(8-16(27)28)15(14)10-25/h11,13-15H,2-10H2,1H3,(H,27,28)/t11-,13-,14-,15+/m0/s1. The second kappa shape index (κ2) is 6.26. The first-order valence-corrected chi connectivity index (χ1v) is 10.4. The van der Waals surface area contributed by atoms with Crippen molar-refractivity contribution in [2.75, 3.05) is 29.4 Å². The Bertz CT molecular complexity index is 806. The molecule has 6 nitrogen and oxygen atoms in total. The molecule has 0 bridgehead atoms. The van der Waals surface area contributed by atoms with Gasteiger partial charge in [0.2, 0.25) is 5.95 Å². The molecule has 152 valence electrons. The van der Waals surface area contributed by atoms with E-state index in [9.17, 15) is 13.6 Å². The van der Waals surface area contributed by atoms with Gasteiger partial charge in [-0.05, 0) is 50.4 Å². The number of anilines is 2. The number of hydrogen-bond acceptors (Lipinski definition) is 5. The molecule has 0 unspecified atom stereocenters. The molecule has 1 aromatic heterocycles. The lowest BCUT2D eigenvalue weighted by Crippen LogP contribution is -2.39. The van der Waals surface area contributed by atoms with E-state index in [1.165, 1.54) is 0 Å². The molecule has 2 aliphatic carbocycles. The Morgan fingerprint density at radius 3 is 2.68 bits per heavy atom. The minimum absolute atomic E-state index is 0.0899. The first kappa shape index (κ1) is 18.1. The molecule has 28 heavy (non-hydrogen) atoms. The fourth-order valence-electron chi connectivity index (χ4n) is 5.51. The van der Waals surface area contributed by atoms with Crippen molar-refractivity contribution in [2.24, 2.45) is 17.8 Å². The first-order valence-electron chi connectivity index (χ1n) is 10.4. The molecular weight excluding hydrogens is 366 g/mol. The van der Waals surface area contributed by atoms with Gasteiger partial charge in [-0.1, -0.05) is 0 Å². The summed E-state index contributed by atoms with van der Waals surface area (Å²) < 4.78 is 29.1. The van der Waals surface area contributed by atoms with Crippen LogP contribution in [0.25, 0.3) is 0 Å². The molecule has 1 saturated carbocycles. The highest BCUT2D eigenvalue weighted by molar-refractivity contribution is 5.68. The maximum atomic E-state index is 14.5. The third-order valence-electron chi connectivity index (χ3n) is 7.15. The highest BCUT2D eigenvalue weighted by atomic mass is 19.3. The lowest BCUT2D eigenvalue weighted by atomic mass is 10.0. The van der Waals surface area contributed by atoms with Gasteiger partial charge in [-0.3, -0.25) is 4.79 Å². The molecule has 5 rings (SSSR count). The molecule has 1 N–H and O–H groups in total. The molecule has 0 radical (unpaired) electrons. The predicted molar refractivity (Wildman–Crippen MR) is 99.8 cm³/mol. The Morgan fingerprint density at radius 1 is 1.25 bits per heavy atom. The zero-order valence-corrected chi connectivity index (χ0v) is 16.1. The number of piperidine rings is 2. The molecule has 2 aliphatic heterocycles. The summed E-state index contributed by atoms with van der Waals surface area (Å²) in [5.41, 5.74) is 0.502. The number of aromatic nitrogens is 2. The van der Waals surface area contributed by atoms with Gasteiger partial charge in [0.05, 0.1) is 0 Å². The van der Waals surface area contributed by atoms with Gasteiger partial charge in [0.1, 0.15) is 11.5 Å². The smallest absolute Gasteiger partial charge is 0.303 e. The number of hydrogen-bond donors (Lipinski definition) is 1. The lowest BCUT2D eigenvalue weighted by molar-refractivity contribution is -0.137. The number of nitrogens with zero attached hydrogens (tertiary/aromatic N) is 4. The maximum Gasteiger partial charge on any atom is 0.303 e. The summed E-state index contributed by atoms with van der Waals surface area (Å²) in [5.74, 6) is -1.63. The predicted octanol–water partition coefficient (Wildman–Crippen LogP) is 3.05. The largest absolute Gasteiger partial charge is 0.481 e. The Hall–Kier alpha value is -1.99. The van der Waals surface area contributed by atoms with E-state index in [4.69, 9.17) is 10.1 Å². The van der Waals surface area contributed by atoms with Crippen molar-refractivity contribution >= 4 is 17.7 Å². The summed E-state index contributed by atoms with van der Waals surface area (Å²) in [7, 11) is 0. The van der Waals surface area contributed by atoms with Gasteiger partial charge in [-0.25, -0.2) is 4.98 Å². The quantitative estimate of drug-likeness (QED) is 0.849. The number of carboxylic acids is 1. The topological polar surface area (TPSA) is 69.6 Å². The van der Waals surface area contributed by atoms with Crippen molar-refractivity contribution in [3.63, 3.8) is 0 Å². The van der Waals surface area contributed by atoms with Crippen LogP contribution in [0.15, 0.2) is 0 Å². The summed E-state index contributed by atoms with van der Waals surface area (Å²) in [4.78, 5) is 24.3. The van der Waals surface area contributed by atoms with E-state index in [1.807, 2.05) is 0 Å². The van der Waals surface area contributed by atoms with Crippen LogP contribution in [-0.4, -0.2) is 46.7 Å². The maximum absolute atomic E-state index is 14.5. The van der Waals surface area contributed by atoms with Crippen molar-refractivity contribution in [1.29, 1.82) is 0 Å². The van der Waals surface area contributed by atoms with Crippen LogP contribution < -0.4 is 9.80 Å². The summed E-state index contributed by atoms with van der Waals surface area (Å²) >= 11 is 0. The van der Waals surface area contributed by atoms with Crippen molar-refractivity contribution in [1.82, 2.24) is 9.97 Å². The Kier molecular flexibility index (Phi) is 4.04. The second-order valence-electron chi connectivity index (χ2n) is 8.91. The van der Waals surface area contributed by atoms with E-state index < -0.39 is 11.9 Å². The summed E-state index contributed by atoms with van der Waals surface area (Å²) in [6, 6.07) is 0.251. The molecule has 3 fully saturated rings. The van der Waals surface area contributed by atoms with Crippen LogP contribution in [0.5, 0.6) is 0 Å². The van der Waals surface area contributed by atoms with Crippen LogP contribution in [0, 0.1) is 17.8 Å². The number of aliphatic carboxylic acids is 1. The number of carboxylic acid groups (broad SMARTS) is 1. The summed E-state index contributed by atoms with van der Waals surface area (Å²) in [6.07, 6.45) is 3.51. The van der Waals surface area contributed by atoms with E-state index in [0.29, 0.717) is 48.7 Å². The Balaban J connectivity index is 1.46. The molecular formula is C20H26F2N4O2. The zero-order valence-electron chi connectivity index (χ0n) is 16.1. The van der Waals surface area contributed by atoms with E-state index >= 15 is 0 Å². The third kappa shape index (κ3) is 2.83. The fourth-order valence-corrected chi connectivity index (χ4v) is 5.51. The van der Waals surface area contributed by atoms with Crippen LogP contribution in [0.1, 0.15) is 50.3 Å². The van der Waals surface area contributed by atoms with Crippen LogP contribution in [-0.2, 0) is 17.1 Å². The third-order valence-corrected chi connectivity index (χ3v) is 7.15. The van der Waals surface area contributed by atoms with Crippen LogP contribution in [0.2, 0.25) is 0 Å². The van der Waals surface area contributed by atoms with Gasteiger partial charge in [-0.2, -0.15) is 13.8 Å². The average Bonchev–Trinajstić information content (AvgIpc) is 2.99. The number of fused-ring (bicyclic) bond motifs is 2. The van der Waals surface area contributed by atoms with E-state index in [-0.39, 0.29) is 30.5 Å². The SMILES string of the molecule is C[C@H]1CCCCN1c1nc(N2C[C@@H]3[C@@H](CC(=O)O)[C@@H]3C2)c2c(n1)C(F)(F)CC2. The number of alkyl halides is 2. The van der Waals surface area contributed by atoms with E-state index in [1.54, 1.807) is 0 Å². The monoisotopic (exact) mass is 392 g/mol. The van der Waals surface area contributed by atoms with Crippen molar-refractivity contribution in [2.45, 2.75) is 57.4 Å². The zero-order chi connectivity index (χ0) is 19.6. The van der Waals surface area contributed by atoms with Gasteiger partial charge in [0.15, 0.2) is 0 Å². The van der Waals surface area contributed by atoms with E-state index in [0.717, 1.165) is 25.8 Å². The van der Waals surface area contributed by atoms with Crippen molar-refractivity contribution in [3.05, 3.63) is 11.3 Å². The molecule has 2 saturated heterocycles. The summed E-state index contributed by atoms with van der Waals surface area (Å²) in [6.45, 7) is 4.34. The van der Waals surface area contributed by atoms with Gasteiger partial charge in [0.25, 0.3) is 5.92 Å².